The van der Waals surface area contributed by atoms with E-state index in [0.717, 1.165) is 48.2 Å². The van der Waals surface area contributed by atoms with Gasteiger partial charge < -0.3 is 14.8 Å². The Morgan fingerprint density at radius 3 is 2.81 bits per heavy atom. The second-order valence-electron chi connectivity index (χ2n) is 8.27. The third-order valence-electron chi connectivity index (χ3n) is 6.16. The molecule has 0 aliphatic carbocycles. The van der Waals surface area contributed by atoms with Gasteiger partial charge in [0.15, 0.2) is 12.4 Å². The van der Waals surface area contributed by atoms with E-state index in [4.69, 9.17) is 9.47 Å². The van der Waals surface area contributed by atoms with Crippen LogP contribution >= 0.6 is 0 Å². The van der Waals surface area contributed by atoms with E-state index in [1.807, 2.05) is 20.0 Å². The Labute approximate surface area is 179 Å². The third kappa shape index (κ3) is 3.59. The van der Waals surface area contributed by atoms with Crippen molar-refractivity contribution in [2.24, 2.45) is 0 Å². The number of hydrogen-bond donors (Lipinski definition) is 1. The van der Waals surface area contributed by atoms with Crippen molar-refractivity contribution in [2.75, 3.05) is 25.1 Å². The van der Waals surface area contributed by atoms with Gasteiger partial charge in [0, 0.05) is 30.4 Å². The van der Waals surface area contributed by atoms with Gasteiger partial charge in [-0.1, -0.05) is 12.1 Å². The van der Waals surface area contributed by atoms with Gasteiger partial charge in [-0.25, -0.2) is 0 Å². The van der Waals surface area contributed by atoms with Gasteiger partial charge in [-0.2, -0.15) is 13.9 Å². The number of anilines is 1. The maximum Gasteiger partial charge on any atom is 0.310 e. The van der Waals surface area contributed by atoms with E-state index in [1.165, 1.54) is 6.07 Å². The maximum atomic E-state index is 14.1. The summed E-state index contributed by atoms with van der Waals surface area (Å²) in [5, 5.41) is 12.8. The third-order valence-corrected chi connectivity index (χ3v) is 6.16. The fourth-order valence-corrected chi connectivity index (χ4v) is 4.41. The molecular formula is C23H24F2N4O2. The number of aromatic nitrogens is 3. The lowest BCUT2D eigenvalue weighted by Crippen LogP contribution is -2.15. The topological polar surface area (TPSA) is 69.2 Å². The number of nitrogens with one attached hydrogen (secondary N) is 1. The summed E-state index contributed by atoms with van der Waals surface area (Å²) in [5.74, 6) is -1.74. The van der Waals surface area contributed by atoms with Crippen LogP contribution in [0.1, 0.15) is 54.1 Å². The minimum absolute atomic E-state index is 0.0676. The van der Waals surface area contributed by atoms with E-state index in [9.17, 15) is 8.78 Å². The normalized spacial score (nSPS) is 19.1. The molecule has 0 amide bonds. The molecule has 0 radical (unpaired) electrons. The molecule has 1 aromatic carbocycles. The number of hydrogen-bond acceptors (Lipinski definition) is 6. The Balaban J connectivity index is 1.50. The minimum atomic E-state index is -2.97. The lowest BCUT2D eigenvalue weighted by molar-refractivity contribution is -0.0214. The van der Waals surface area contributed by atoms with Crippen LogP contribution in [-0.4, -0.2) is 35.0 Å². The minimum Gasteiger partial charge on any atom is -0.486 e. The summed E-state index contributed by atoms with van der Waals surface area (Å²) in [5.41, 5.74) is 3.28. The summed E-state index contributed by atoms with van der Waals surface area (Å²) < 4.78 is 39.0. The number of alkyl halides is 2. The molecule has 0 spiro atoms. The van der Waals surface area contributed by atoms with Crippen molar-refractivity contribution >= 4 is 16.7 Å². The standard InChI is InChI=1S/C23H24F2N4O2/c1-13(17-4-3-5-19-21(17)31-12-23(19,24)25)27-22-18-10-16(15-6-8-30-9-7-15)11-26-20(18)14(2)28-29-22/h3-5,10-11,13,15H,6-9,12H2,1-2H3,(H,27,29)/t13-/m1/s1. The Kier molecular flexibility index (Phi) is 4.97. The molecule has 1 N–H and O–H groups in total. The van der Waals surface area contributed by atoms with Crippen LogP contribution in [-0.2, 0) is 10.7 Å². The quantitative estimate of drug-likeness (QED) is 0.641. The molecule has 2 aromatic heterocycles. The van der Waals surface area contributed by atoms with Gasteiger partial charge >= 0.3 is 5.92 Å². The summed E-state index contributed by atoms with van der Waals surface area (Å²) >= 11 is 0. The summed E-state index contributed by atoms with van der Waals surface area (Å²) in [6.45, 7) is 4.66. The van der Waals surface area contributed by atoms with E-state index < -0.39 is 12.5 Å². The zero-order chi connectivity index (χ0) is 21.6. The van der Waals surface area contributed by atoms with Crippen LogP contribution < -0.4 is 10.1 Å². The number of rotatable bonds is 4. The van der Waals surface area contributed by atoms with Crippen LogP contribution in [0.4, 0.5) is 14.6 Å². The Bertz CT molecular complexity index is 1130. The predicted octanol–water partition coefficient (Wildman–Crippen LogP) is 4.88. The molecule has 4 heterocycles. The Morgan fingerprint density at radius 1 is 1.19 bits per heavy atom. The van der Waals surface area contributed by atoms with Crippen LogP contribution in [0.15, 0.2) is 30.5 Å². The number of aryl methyl sites for hydroxylation is 1. The first-order valence-corrected chi connectivity index (χ1v) is 10.6. The van der Waals surface area contributed by atoms with E-state index >= 15 is 0 Å². The van der Waals surface area contributed by atoms with Crippen molar-refractivity contribution in [2.45, 2.75) is 44.6 Å². The lowest BCUT2D eigenvalue weighted by Gasteiger charge is -2.23. The van der Waals surface area contributed by atoms with Crippen LogP contribution in [0.2, 0.25) is 0 Å². The van der Waals surface area contributed by atoms with Gasteiger partial charge in [-0.05, 0) is 50.3 Å². The SMILES string of the molecule is Cc1nnc(N[C@H](C)c2cccc3c2OCC3(F)F)c2cc(C3CCOCC3)cnc12. The van der Waals surface area contributed by atoms with Gasteiger partial charge in [0.25, 0.3) is 0 Å². The van der Waals surface area contributed by atoms with Crippen molar-refractivity contribution in [3.05, 3.63) is 52.8 Å². The van der Waals surface area contributed by atoms with Crippen LogP contribution in [0.25, 0.3) is 10.9 Å². The van der Waals surface area contributed by atoms with Crippen molar-refractivity contribution in [3.63, 3.8) is 0 Å². The molecule has 8 heteroatoms. The molecule has 6 nitrogen and oxygen atoms in total. The molecule has 5 rings (SSSR count). The van der Waals surface area contributed by atoms with Crippen molar-refractivity contribution in [3.8, 4) is 5.75 Å². The van der Waals surface area contributed by atoms with Gasteiger partial charge in [0.2, 0.25) is 0 Å². The molecule has 3 aromatic rings. The first kappa shape index (κ1) is 20.1. The average Bonchev–Trinajstić information content (AvgIpc) is 3.11. The number of benzene rings is 1. The summed E-state index contributed by atoms with van der Waals surface area (Å²) in [6, 6.07) is 6.67. The van der Waals surface area contributed by atoms with Crippen molar-refractivity contribution < 1.29 is 18.3 Å². The summed E-state index contributed by atoms with van der Waals surface area (Å²) in [4.78, 5) is 4.67. The average molecular weight is 426 g/mol. The first-order chi connectivity index (χ1) is 14.9. The molecule has 0 unspecified atom stereocenters. The molecule has 1 atom stereocenters. The van der Waals surface area contributed by atoms with Gasteiger partial charge in [-0.15, -0.1) is 5.10 Å². The highest BCUT2D eigenvalue weighted by atomic mass is 19.3. The smallest absolute Gasteiger partial charge is 0.310 e. The lowest BCUT2D eigenvalue weighted by atomic mass is 9.92. The second-order valence-corrected chi connectivity index (χ2v) is 8.27. The summed E-state index contributed by atoms with van der Waals surface area (Å²) in [6.07, 6.45) is 3.84. The zero-order valence-electron chi connectivity index (χ0n) is 17.5. The fourth-order valence-electron chi connectivity index (χ4n) is 4.41. The monoisotopic (exact) mass is 426 g/mol. The highest BCUT2D eigenvalue weighted by molar-refractivity contribution is 5.90. The van der Waals surface area contributed by atoms with Crippen LogP contribution in [0, 0.1) is 6.92 Å². The van der Waals surface area contributed by atoms with Gasteiger partial charge in [0.1, 0.15) is 5.75 Å². The molecule has 2 aliphatic heterocycles. The summed E-state index contributed by atoms with van der Waals surface area (Å²) in [7, 11) is 0. The molecule has 31 heavy (non-hydrogen) atoms. The highest BCUT2D eigenvalue weighted by Crippen LogP contribution is 2.45. The molecule has 2 aliphatic rings. The van der Waals surface area contributed by atoms with E-state index in [2.05, 4.69) is 26.6 Å². The Morgan fingerprint density at radius 2 is 2.00 bits per heavy atom. The number of ether oxygens (including phenoxy) is 2. The molecule has 162 valence electrons. The molecule has 0 saturated carbocycles. The largest absolute Gasteiger partial charge is 0.486 e. The molecule has 0 bridgehead atoms. The number of pyridine rings is 1. The van der Waals surface area contributed by atoms with Gasteiger partial charge in [0.05, 0.1) is 22.8 Å². The van der Waals surface area contributed by atoms with Crippen molar-refractivity contribution in [1.82, 2.24) is 15.2 Å². The molecule has 1 fully saturated rings. The predicted molar refractivity (Wildman–Crippen MR) is 113 cm³/mol. The first-order valence-electron chi connectivity index (χ1n) is 10.6. The van der Waals surface area contributed by atoms with Crippen LogP contribution in [0.5, 0.6) is 5.75 Å². The van der Waals surface area contributed by atoms with E-state index in [-0.39, 0.29) is 17.4 Å². The number of fused-ring (bicyclic) bond motifs is 2. The fraction of sp³-hybridized carbons (Fsp3) is 0.435. The number of nitrogens with zero attached hydrogens (tertiary/aromatic N) is 3. The highest BCUT2D eigenvalue weighted by Gasteiger charge is 2.42. The molecule has 1 saturated heterocycles. The maximum absolute atomic E-state index is 14.1. The zero-order valence-corrected chi connectivity index (χ0v) is 17.5. The molecular weight excluding hydrogens is 402 g/mol. The van der Waals surface area contributed by atoms with E-state index in [0.29, 0.717) is 17.3 Å². The van der Waals surface area contributed by atoms with Crippen LogP contribution in [0.3, 0.4) is 0 Å². The van der Waals surface area contributed by atoms with Crippen molar-refractivity contribution in [1.29, 1.82) is 0 Å². The van der Waals surface area contributed by atoms with Gasteiger partial charge in [-0.3, -0.25) is 4.98 Å². The number of halogens is 2. The Hall–Kier alpha value is -2.87. The van der Waals surface area contributed by atoms with E-state index in [1.54, 1.807) is 12.1 Å². The number of para-hydroxylation sites is 1. The second kappa shape index (κ2) is 7.67.